The fourth-order valence-electron chi connectivity index (χ4n) is 0.622. The molecule has 1 aromatic rings. The van der Waals surface area contributed by atoms with Crippen molar-refractivity contribution in [2.75, 3.05) is 0 Å². The average molecular weight is 214 g/mol. The summed E-state index contributed by atoms with van der Waals surface area (Å²) >= 11 is 0. The van der Waals surface area contributed by atoms with Gasteiger partial charge in [-0.3, -0.25) is 4.57 Å². The molecule has 4 heteroatoms. The second-order valence-electron chi connectivity index (χ2n) is 2.58. The molecule has 0 saturated heterocycles. The van der Waals surface area contributed by atoms with Gasteiger partial charge in [0.05, 0.1) is 5.30 Å². The van der Waals surface area contributed by atoms with Crippen LogP contribution in [0, 0.1) is 0 Å². The molecule has 0 aliphatic carbocycles. The van der Waals surface area contributed by atoms with Crippen LogP contribution < -0.4 is 5.30 Å². The third-order valence-corrected chi connectivity index (χ3v) is 2.35. The molecule has 3 nitrogen and oxygen atoms in total. The van der Waals surface area contributed by atoms with Gasteiger partial charge in [-0.15, -0.1) is 6.58 Å². The van der Waals surface area contributed by atoms with Crippen LogP contribution in [0.5, 0.6) is 0 Å². The molecule has 0 heterocycles. The van der Waals surface area contributed by atoms with Gasteiger partial charge in [-0.05, 0) is 18.6 Å². The molecule has 0 radical (unpaired) electrons. The smallest absolute Gasteiger partial charge is 0.321 e. The lowest BCUT2D eigenvalue weighted by Gasteiger charge is -2.00. The fourth-order valence-corrected chi connectivity index (χ4v) is 1.18. The Kier molecular flexibility index (Phi) is 6.13. The lowest BCUT2D eigenvalue weighted by atomic mass is 10.4. The summed E-state index contributed by atoms with van der Waals surface area (Å²) in [6.45, 7) is 5.54. The van der Waals surface area contributed by atoms with Gasteiger partial charge in [0, 0.05) is 0 Å². The molecule has 0 atom stereocenters. The first kappa shape index (κ1) is 13.1. The van der Waals surface area contributed by atoms with E-state index < -0.39 is 7.60 Å². The molecule has 0 amide bonds. The van der Waals surface area contributed by atoms with Crippen molar-refractivity contribution in [3.63, 3.8) is 0 Å². The molecule has 0 saturated carbocycles. The van der Waals surface area contributed by atoms with Crippen LogP contribution in [-0.4, -0.2) is 9.79 Å². The Labute approximate surface area is 84.3 Å². The molecule has 78 valence electrons. The number of rotatable bonds is 2. The first-order chi connectivity index (χ1) is 6.52. The molecule has 0 spiro atoms. The van der Waals surface area contributed by atoms with Gasteiger partial charge in [-0.25, -0.2) is 0 Å². The third kappa shape index (κ3) is 5.70. The van der Waals surface area contributed by atoms with E-state index in [-0.39, 0.29) is 5.30 Å². The third-order valence-electron chi connectivity index (χ3n) is 1.38. The molecule has 1 rings (SSSR count). The summed E-state index contributed by atoms with van der Waals surface area (Å²) in [5.41, 5.74) is 0. The van der Waals surface area contributed by atoms with E-state index in [9.17, 15) is 4.57 Å². The molecule has 1 aromatic carbocycles. The molecule has 0 aliphatic rings. The van der Waals surface area contributed by atoms with Crippen LogP contribution >= 0.6 is 7.60 Å². The van der Waals surface area contributed by atoms with E-state index in [0.717, 1.165) is 6.42 Å². The van der Waals surface area contributed by atoms with Gasteiger partial charge in [0.2, 0.25) is 0 Å². The van der Waals surface area contributed by atoms with Crippen molar-refractivity contribution in [2.24, 2.45) is 0 Å². The van der Waals surface area contributed by atoms with Gasteiger partial charge < -0.3 is 9.79 Å². The van der Waals surface area contributed by atoms with Crippen LogP contribution in [0.3, 0.4) is 0 Å². The highest BCUT2D eigenvalue weighted by Crippen LogP contribution is 2.32. The van der Waals surface area contributed by atoms with Crippen LogP contribution in [0.25, 0.3) is 0 Å². The molecule has 0 aliphatic heterocycles. The molecule has 0 fully saturated rings. The zero-order chi connectivity index (χ0) is 11.0. The van der Waals surface area contributed by atoms with E-state index in [1.54, 1.807) is 18.2 Å². The van der Waals surface area contributed by atoms with Crippen molar-refractivity contribution in [3.05, 3.63) is 43.0 Å². The van der Waals surface area contributed by atoms with E-state index >= 15 is 0 Å². The SMILES string of the molecule is C=CCC.O=P(O)(O)c1ccccc1. The first-order valence-electron chi connectivity index (χ1n) is 4.24. The summed E-state index contributed by atoms with van der Waals surface area (Å²) in [5.74, 6) is 0. The average Bonchev–Trinajstić information content (AvgIpc) is 2.18. The molecule has 0 bridgehead atoms. The van der Waals surface area contributed by atoms with Crippen molar-refractivity contribution >= 4 is 12.9 Å². The number of hydrogen-bond acceptors (Lipinski definition) is 1. The molecular weight excluding hydrogens is 199 g/mol. The normalized spacial score (nSPS) is 9.93. The lowest BCUT2D eigenvalue weighted by Crippen LogP contribution is -2.01. The van der Waals surface area contributed by atoms with E-state index in [0.29, 0.717) is 0 Å². The molecule has 2 N–H and O–H groups in total. The van der Waals surface area contributed by atoms with Crippen LogP contribution in [0.15, 0.2) is 43.0 Å². The summed E-state index contributed by atoms with van der Waals surface area (Å²) in [6, 6.07) is 7.70. The maximum atomic E-state index is 10.5. The summed E-state index contributed by atoms with van der Waals surface area (Å²) in [5, 5.41) is 0.0648. The molecule has 14 heavy (non-hydrogen) atoms. The van der Waals surface area contributed by atoms with Crippen molar-refractivity contribution in [2.45, 2.75) is 13.3 Å². The highest BCUT2D eigenvalue weighted by molar-refractivity contribution is 7.60. The van der Waals surface area contributed by atoms with E-state index in [1.165, 1.54) is 12.1 Å². The predicted octanol–water partition coefficient (Wildman–Crippen LogP) is 2.07. The second kappa shape index (κ2) is 6.55. The van der Waals surface area contributed by atoms with Gasteiger partial charge in [-0.2, -0.15) is 0 Å². The fraction of sp³-hybridized carbons (Fsp3) is 0.200. The van der Waals surface area contributed by atoms with Gasteiger partial charge >= 0.3 is 7.60 Å². The Morgan fingerprint density at radius 3 is 2.00 bits per heavy atom. The Morgan fingerprint density at radius 1 is 1.36 bits per heavy atom. The van der Waals surface area contributed by atoms with Gasteiger partial charge in [0.15, 0.2) is 0 Å². The standard InChI is InChI=1S/C6H7O3P.C4H8/c7-10(8,9)6-4-2-1-3-5-6;1-3-4-2/h1-5H,(H2,7,8,9);3H,1,4H2,2H3. The minimum Gasteiger partial charge on any atom is -0.321 e. The van der Waals surface area contributed by atoms with E-state index in [1.807, 2.05) is 6.08 Å². The van der Waals surface area contributed by atoms with Crippen molar-refractivity contribution in [1.82, 2.24) is 0 Å². The number of hydrogen-bond donors (Lipinski definition) is 2. The Hall–Kier alpha value is -0.890. The summed E-state index contributed by atoms with van der Waals surface area (Å²) in [7, 11) is -4.02. The molecular formula is C10H15O3P. The molecule has 0 unspecified atom stereocenters. The van der Waals surface area contributed by atoms with E-state index in [4.69, 9.17) is 9.79 Å². The van der Waals surface area contributed by atoms with Crippen LogP contribution in [0.4, 0.5) is 0 Å². The zero-order valence-corrected chi connectivity index (χ0v) is 9.02. The number of allylic oxidation sites excluding steroid dienone is 1. The zero-order valence-electron chi connectivity index (χ0n) is 8.13. The van der Waals surface area contributed by atoms with Crippen molar-refractivity contribution in [1.29, 1.82) is 0 Å². The van der Waals surface area contributed by atoms with Gasteiger partial charge in [0.25, 0.3) is 0 Å². The van der Waals surface area contributed by atoms with Gasteiger partial charge in [0.1, 0.15) is 0 Å². The minimum atomic E-state index is -4.02. The van der Waals surface area contributed by atoms with Crippen LogP contribution in [0.2, 0.25) is 0 Å². The van der Waals surface area contributed by atoms with E-state index in [2.05, 4.69) is 13.5 Å². The number of benzene rings is 1. The Bertz CT molecular complexity index is 302. The maximum Gasteiger partial charge on any atom is 0.356 e. The largest absolute Gasteiger partial charge is 0.356 e. The summed E-state index contributed by atoms with van der Waals surface area (Å²) < 4.78 is 10.5. The minimum absolute atomic E-state index is 0.0648. The monoisotopic (exact) mass is 214 g/mol. The lowest BCUT2D eigenvalue weighted by molar-refractivity contribution is 0.387. The highest BCUT2D eigenvalue weighted by Gasteiger charge is 2.14. The topological polar surface area (TPSA) is 57.5 Å². The predicted molar refractivity (Wildman–Crippen MR) is 58.6 cm³/mol. The van der Waals surface area contributed by atoms with Crippen molar-refractivity contribution < 1.29 is 14.4 Å². The second-order valence-corrected chi connectivity index (χ2v) is 4.18. The van der Waals surface area contributed by atoms with Crippen LogP contribution in [0.1, 0.15) is 13.3 Å². The quantitative estimate of drug-likeness (QED) is 0.585. The summed E-state index contributed by atoms with van der Waals surface area (Å²) in [4.78, 5) is 17.2. The van der Waals surface area contributed by atoms with Crippen LogP contribution in [-0.2, 0) is 4.57 Å². The van der Waals surface area contributed by atoms with Crippen molar-refractivity contribution in [3.8, 4) is 0 Å². The summed E-state index contributed by atoms with van der Waals surface area (Å²) in [6.07, 6.45) is 2.96. The molecule has 0 aromatic heterocycles. The Balaban J connectivity index is 0.000000364. The first-order valence-corrected chi connectivity index (χ1v) is 5.85. The highest BCUT2D eigenvalue weighted by atomic mass is 31.2. The maximum absolute atomic E-state index is 10.5. The Morgan fingerprint density at radius 2 is 1.79 bits per heavy atom. The van der Waals surface area contributed by atoms with Gasteiger partial charge in [-0.1, -0.05) is 31.2 Å².